The van der Waals surface area contributed by atoms with E-state index in [2.05, 4.69) is 27.1 Å². The summed E-state index contributed by atoms with van der Waals surface area (Å²) in [5.41, 5.74) is 3.45. The van der Waals surface area contributed by atoms with E-state index < -0.39 is 0 Å². The Morgan fingerprint density at radius 1 is 1.26 bits per heavy atom. The number of nitrogens with one attached hydrogen (secondary N) is 1. The van der Waals surface area contributed by atoms with E-state index in [-0.39, 0.29) is 0 Å². The van der Waals surface area contributed by atoms with Crippen molar-refractivity contribution in [3.8, 4) is 0 Å². The quantitative estimate of drug-likeness (QED) is 0.878. The van der Waals surface area contributed by atoms with Crippen LogP contribution >= 0.6 is 23.2 Å². The summed E-state index contributed by atoms with van der Waals surface area (Å²) in [6.45, 7) is 6.00. The highest BCUT2D eigenvalue weighted by molar-refractivity contribution is 6.42. The number of fused-ring (bicyclic) bond motifs is 1. The Hall–Kier alpha value is -1.36. The van der Waals surface area contributed by atoms with Crippen LogP contribution in [0, 0.1) is 0 Å². The second kappa shape index (κ2) is 7.47. The molecule has 1 N–H and O–H groups in total. The van der Waals surface area contributed by atoms with Crippen molar-refractivity contribution in [1.82, 2.24) is 14.9 Å². The van der Waals surface area contributed by atoms with Crippen molar-refractivity contribution in [3.63, 3.8) is 0 Å². The number of aromatic nitrogens is 2. The maximum atomic E-state index is 6.03. The molecule has 0 atom stereocenters. The molecule has 4 nitrogen and oxygen atoms in total. The summed E-state index contributed by atoms with van der Waals surface area (Å²) in [6, 6.07) is 5.61. The highest BCUT2D eigenvalue weighted by atomic mass is 35.5. The molecular weight excluding hydrogens is 331 g/mol. The third kappa shape index (κ3) is 4.14. The van der Waals surface area contributed by atoms with Crippen LogP contribution in [0.25, 0.3) is 0 Å². The Bertz CT molecular complexity index is 690. The molecule has 1 aromatic carbocycles. The highest BCUT2D eigenvalue weighted by Crippen LogP contribution is 2.23. The number of benzene rings is 1. The summed E-state index contributed by atoms with van der Waals surface area (Å²) in [5.74, 6) is 0.666. The van der Waals surface area contributed by atoms with Gasteiger partial charge in [0.25, 0.3) is 0 Å². The number of nitrogens with zero attached hydrogens (tertiary/aromatic N) is 3. The van der Waals surface area contributed by atoms with E-state index in [4.69, 9.17) is 23.2 Å². The van der Waals surface area contributed by atoms with Crippen molar-refractivity contribution in [2.45, 2.75) is 32.9 Å². The van der Waals surface area contributed by atoms with E-state index in [0.717, 1.165) is 37.3 Å². The Balaban J connectivity index is 1.64. The predicted octanol–water partition coefficient (Wildman–Crippen LogP) is 4.16. The average Bonchev–Trinajstić information content (AvgIpc) is 2.56. The molecule has 1 aliphatic rings. The van der Waals surface area contributed by atoms with E-state index >= 15 is 0 Å². The molecule has 0 saturated carbocycles. The molecule has 2 heterocycles. The van der Waals surface area contributed by atoms with E-state index in [9.17, 15) is 0 Å². The van der Waals surface area contributed by atoms with Crippen molar-refractivity contribution in [2.24, 2.45) is 0 Å². The minimum Gasteiger partial charge on any atom is -0.350 e. The molecule has 0 amide bonds. The van der Waals surface area contributed by atoms with Crippen LogP contribution in [-0.2, 0) is 19.5 Å². The van der Waals surface area contributed by atoms with Crippen LogP contribution in [0.4, 0.5) is 5.95 Å². The van der Waals surface area contributed by atoms with Gasteiger partial charge in [0.15, 0.2) is 0 Å². The van der Waals surface area contributed by atoms with Gasteiger partial charge in [-0.3, -0.25) is 4.90 Å². The molecular formula is C17H20Cl2N4. The summed E-state index contributed by atoms with van der Waals surface area (Å²) < 4.78 is 0. The first-order valence-electron chi connectivity index (χ1n) is 7.90. The van der Waals surface area contributed by atoms with Crippen LogP contribution in [0.3, 0.4) is 0 Å². The zero-order valence-corrected chi connectivity index (χ0v) is 14.7. The first-order valence-corrected chi connectivity index (χ1v) is 8.66. The first-order chi connectivity index (χ1) is 11.2. The molecule has 1 aromatic heterocycles. The molecule has 0 saturated heterocycles. The lowest BCUT2D eigenvalue weighted by molar-refractivity contribution is 0.252. The summed E-state index contributed by atoms with van der Waals surface area (Å²) in [4.78, 5) is 11.5. The van der Waals surface area contributed by atoms with Gasteiger partial charge in [-0.25, -0.2) is 9.97 Å². The smallest absolute Gasteiger partial charge is 0.223 e. The lowest BCUT2D eigenvalue weighted by Gasteiger charge is -2.27. The normalized spacial score (nSPS) is 14.6. The van der Waals surface area contributed by atoms with Gasteiger partial charge in [-0.05, 0) is 30.7 Å². The molecule has 0 unspecified atom stereocenters. The molecule has 1 aliphatic heterocycles. The van der Waals surface area contributed by atoms with E-state index in [1.54, 1.807) is 6.07 Å². The molecule has 0 spiro atoms. The van der Waals surface area contributed by atoms with Gasteiger partial charge in [-0.1, -0.05) is 36.2 Å². The maximum absolute atomic E-state index is 6.03. The second-order valence-electron chi connectivity index (χ2n) is 5.79. The van der Waals surface area contributed by atoms with E-state index in [1.165, 1.54) is 12.0 Å². The Kier molecular flexibility index (Phi) is 5.36. The molecule has 3 rings (SSSR count). The van der Waals surface area contributed by atoms with Gasteiger partial charge in [0.1, 0.15) is 0 Å². The van der Waals surface area contributed by atoms with Crippen LogP contribution in [0.15, 0.2) is 24.4 Å². The molecule has 23 heavy (non-hydrogen) atoms. The fourth-order valence-corrected chi connectivity index (χ4v) is 3.12. The first kappa shape index (κ1) is 16.5. The van der Waals surface area contributed by atoms with Crippen LogP contribution in [-0.4, -0.2) is 28.0 Å². The number of hydrogen-bond donors (Lipinski definition) is 1. The zero-order valence-electron chi connectivity index (χ0n) is 13.1. The molecule has 2 aromatic rings. The zero-order chi connectivity index (χ0) is 16.2. The fraction of sp³-hybridized carbons (Fsp3) is 0.412. The maximum Gasteiger partial charge on any atom is 0.223 e. The van der Waals surface area contributed by atoms with Gasteiger partial charge in [-0.2, -0.15) is 0 Å². The van der Waals surface area contributed by atoms with E-state index in [1.807, 2.05) is 18.3 Å². The number of hydrogen-bond acceptors (Lipinski definition) is 4. The molecule has 122 valence electrons. The number of halogens is 2. The van der Waals surface area contributed by atoms with Gasteiger partial charge in [0.05, 0.1) is 15.7 Å². The Labute approximate surface area is 146 Å². The molecule has 6 heteroatoms. The van der Waals surface area contributed by atoms with E-state index in [0.29, 0.717) is 22.5 Å². The van der Waals surface area contributed by atoms with Crippen molar-refractivity contribution in [2.75, 3.05) is 18.4 Å². The largest absolute Gasteiger partial charge is 0.350 e. The Morgan fingerprint density at radius 2 is 2.13 bits per heavy atom. The van der Waals surface area contributed by atoms with Gasteiger partial charge in [-0.15, -0.1) is 0 Å². The molecule has 0 aliphatic carbocycles. The summed E-state index contributed by atoms with van der Waals surface area (Å²) in [6.07, 6.45) is 4.11. The highest BCUT2D eigenvalue weighted by Gasteiger charge is 2.17. The SMILES string of the molecule is CCCN1CCc2nc(NCc3ccc(Cl)c(Cl)c3)ncc2C1. The second-order valence-corrected chi connectivity index (χ2v) is 6.61. The lowest BCUT2D eigenvalue weighted by Crippen LogP contribution is -2.32. The van der Waals surface area contributed by atoms with Gasteiger partial charge in [0, 0.05) is 37.8 Å². The average molecular weight is 351 g/mol. The fourth-order valence-electron chi connectivity index (χ4n) is 2.80. The minimum absolute atomic E-state index is 0.563. The van der Waals surface area contributed by atoms with Crippen LogP contribution < -0.4 is 5.32 Å². The monoisotopic (exact) mass is 350 g/mol. The number of rotatable bonds is 5. The van der Waals surface area contributed by atoms with Crippen LogP contribution in [0.1, 0.15) is 30.2 Å². The third-order valence-electron chi connectivity index (χ3n) is 3.99. The lowest BCUT2D eigenvalue weighted by atomic mass is 10.1. The predicted molar refractivity (Wildman–Crippen MR) is 95.1 cm³/mol. The molecule has 0 fully saturated rings. The van der Waals surface area contributed by atoms with Gasteiger partial charge >= 0.3 is 0 Å². The minimum atomic E-state index is 0.563. The Morgan fingerprint density at radius 3 is 2.91 bits per heavy atom. The topological polar surface area (TPSA) is 41.1 Å². The van der Waals surface area contributed by atoms with Crippen molar-refractivity contribution in [3.05, 3.63) is 51.3 Å². The summed E-state index contributed by atoms with van der Waals surface area (Å²) in [7, 11) is 0. The van der Waals surface area contributed by atoms with Crippen molar-refractivity contribution in [1.29, 1.82) is 0 Å². The van der Waals surface area contributed by atoms with Crippen molar-refractivity contribution < 1.29 is 0 Å². The van der Waals surface area contributed by atoms with Gasteiger partial charge in [0.2, 0.25) is 5.95 Å². The molecule has 0 bridgehead atoms. The summed E-state index contributed by atoms with van der Waals surface area (Å²) in [5, 5.41) is 4.39. The van der Waals surface area contributed by atoms with Crippen LogP contribution in [0.2, 0.25) is 10.0 Å². The summed E-state index contributed by atoms with van der Waals surface area (Å²) >= 11 is 12.0. The van der Waals surface area contributed by atoms with Crippen molar-refractivity contribution >= 4 is 29.2 Å². The van der Waals surface area contributed by atoms with Gasteiger partial charge < -0.3 is 5.32 Å². The van der Waals surface area contributed by atoms with Crippen LogP contribution in [0.5, 0.6) is 0 Å². The molecule has 0 radical (unpaired) electrons. The standard InChI is InChI=1S/C17H20Cl2N4/c1-2-6-23-7-5-16-13(11-23)10-21-17(22-16)20-9-12-3-4-14(18)15(19)8-12/h3-4,8,10H,2,5-7,9,11H2,1H3,(H,20,21,22). The number of anilines is 1. The third-order valence-corrected chi connectivity index (χ3v) is 4.73.